The van der Waals surface area contributed by atoms with Gasteiger partial charge in [0.15, 0.2) is 5.78 Å². The third-order valence-corrected chi connectivity index (χ3v) is 3.33. The van der Waals surface area contributed by atoms with E-state index < -0.39 is 17.7 Å². The zero-order valence-electron chi connectivity index (χ0n) is 14.8. The highest BCUT2D eigenvalue weighted by atomic mass is 16.6. The molecule has 2 aromatic rings. The topological polar surface area (TPSA) is 89.4 Å². The van der Waals surface area contributed by atoms with Crippen LogP contribution < -0.4 is 0 Å². The lowest BCUT2D eigenvalue weighted by molar-refractivity contribution is 0.00691. The van der Waals surface area contributed by atoms with Crippen LogP contribution in [0.4, 0.5) is 0 Å². The minimum atomic E-state index is -1.15. The van der Waals surface area contributed by atoms with Crippen molar-refractivity contribution in [2.24, 2.45) is 0 Å². The number of nitrogens with zero attached hydrogens (tertiary/aromatic N) is 2. The molecule has 132 valence electrons. The molecule has 0 aliphatic heterocycles. The first kappa shape index (κ1) is 18.7. The fraction of sp³-hybridized carbons (Fsp3) is 0.368. The van der Waals surface area contributed by atoms with Gasteiger partial charge < -0.3 is 9.84 Å². The first-order valence-electron chi connectivity index (χ1n) is 8.09. The molecule has 0 aromatic carbocycles. The van der Waals surface area contributed by atoms with E-state index in [0.717, 1.165) is 0 Å². The zero-order valence-corrected chi connectivity index (χ0v) is 14.8. The van der Waals surface area contributed by atoms with Gasteiger partial charge >= 0.3 is 5.97 Å². The number of aliphatic hydroxyl groups excluding tert-OH is 1. The number of rotatable bonds is 5. The smallest absolute Gasteiger partial charge is 0.338 e. The number of aliphatic hydroxyl groups is 1. The molecule has 0 radical (unpaired) electrons. The van der Waals surface area contributed by atoms with E-state index in [1.54, 1.807) is 52.1 Å². The van der Waals surface area contributed by atoms with E-state index in [4.69, 9.17) is 4.74 Å². The summed E-state index contributed by atoms with van der Waals surface area (Å²) in [5.74, 6) is -0.797. The number of carbonyl (C=O) groups is 2. The lowest BCUT2D eigenvalue weighted by Crippen LogP contribution is -2.24. The summed E-state index contributed by atoms with van der Waals surface area (Å²) >= 11 is 0. The molecule has 0 spiro atoms. The highest BCUT2D eigenvalue weighted by Gasteiger charge is 2.23. The van der Waals surface area contributed by atoms with E-state index in [1.807, 2.05) is 0 Å². The summed E-state index contributed by atoms with van der Waals surface area (Å²) in [7, 11) is 0. The Balaban J connectivity index is 2.47. The van der Waals surface area contributed by atoms with E-state index in [0.29, 0.717) is 5.69 Å². The van der Waals surface area contributed by atoms with E-state index >= 15 is 0 Å². The maximum absolute atomic E-state index is 12.4. The Hall–Kier alpha value is -2.60. The molecule has 0 fully saturated rings. The number of hydrogen-bond acceptors (Lipinski definition) is 6. The van der Waals surface area contributed by atoms with Crippen molar-refractivity contribution in [1.29, 1.82) is 0 Å². The second-order valence-electron chi connectivity index (χ2n) is 6.60. The van der Waals surface area contributed by atoms with Crippen LogP contribution in [0, 0.1) is 0 Å². The first-order valence-corrected chi connectivity index (χ1v) is 8.09. The maximum Gasteiger partial charge on any atom is 0.338 e. The van der Waals surface area contributed by atoms with Crippen molar-refractivity contribution < 1.29 is 19.4 Å². The molecule has 1 N–H and O–H groups in total. The predicted octanol–water partition coefficient (Wildman–Crippen LogP) is 3.11. The number of ether oxygens (including phenoxy) is 1. The number of hydrogen-bond donors (Lipinski definition) is 1. The molecule has 0 bridgehead atoms. The van der Waals surface area contributed by atoms with Crippen LogP contribution in [0.1, 0.15) is 72.5 Å². The molecule has 0 aliphatic carbocycles. The average molecular weight is 342 g/mol. The Morgan fingerprint density at radius 1 is 1.20 bits per heavy atom. The minimum absolute atomic E-state index is 0.121. The van der Waals surface area contributed by atoms with Gasteiger partial charge in [-0.15, -0.1) is 0 Å². The van der Waals surface area contributed by atoms with Gasteiger partial charge in [0.2, 0.25) is 0 Å². The van der Waals surface area contributed by atoms with Crippen molar-refractivity contribution in [1.82, 2.24) is 9.97 Å². The lowest BCUT2D eigenvalue weighted by Gasteiger charge is -2.20. The van der Waals surface area contributed by atoms with Crippen LogP contribution in [0.3, 0.4) is 0 Å². The summed E-state index contributed by atoms with van der Waals surface area (Å²) in [6.07, 6.45) is 0.644. The van der Waals surface area contributed by atoms with E-state index in [9.17, 15) is 14.7 Å². The average Bonchev–Trinajstić information content (AvgIpc) is 2.59. The molecular formula is C19H22N2O4. The van der Waals surface area contributed by atoms with E-state index in [2.05, 4.69) is 9.97 Å². The Morgan fingerprint density at radius 2 is 1.92 bits per heavy atom. The monoisotopic (exact) mass is 342 g/mol. The van der Waals surface area contributed by atoms with Gasteiger partial charge in [0, 0.05) is 12.6 Å². The molecule has 2 rings (SSSR count). The van der Waals surface area contributed by atoms with Crippen molar-refractivity contribution in [3.05, 3.63) is 59.2 Å². The van der Waals surface area contributed by atoms with Crippen LogP contribution in [0.5, 0.6) is 0 Å². The van der Waals surface area contributed by atoms with Crippen molar-refractivity contribution >= 4 is 11.8 Å². The molecule has 2 aromatic heterocycles. The highest BCUT2D eigenvalue weighted by Crippen LogP contribution is 2.22. The Kier molecular flexibility index (Phi) is 5.64. The third-order valence-electron chi connectivity index (χ3n) is 3.33. The van der Waals surface area contributed by atoms with Crippen LogP contribution in [0.2, 0.25) is 0 Å². The van der Waals surface area contributed by atoms with Crippen LogP contribution in [0.15, 0.2) is 36.5 Å². The molecule has 1 unspecified atom stereocenters. The van der Waals surface area contributed by atoms with Crippen LogP contribution in [0.25, 0.3) is 0 Å². The summed E-state index contributed by atoms with van der Waals surface area (Å²) in [6.45, 7) is 6.98. The van der Waals surface area contributed by atoms with Crippen molar-refractivity contribution in [2.45, 2.75) is 45.8 Å². The third kappa shape index (κ3) is 4.93. The molecular weight excluding hydrogens is 320 g/mol. The van der Waals surface area contributed by atoms with Gasteiger partial charge in [-0.1, -0.05) is 13.0 Å². The summed E-state index contributed by atoms with van der Waals surface area (Å²) in [4.78, 5) is 32.8. The standard InChI is InChI=1S/C19H22N2O4/c1-5-16(22)14-10-12(18(24)25-19(2,3)4)11-15(21-14)17(23)13-8-6-7-9-20-13/h6-11,17,23H,5H2,1-4H3. The lowest BCUT2D eigenvalue weighted by atomic mass is 10.1. The number of pyridine rings is 2. The van der Waals surface area contributed by atoms with Gasteiger partial charge in [-0.25, -0.2) is 9.78 Å². The molecule has 2 heterocycles. The van der Waals surface area contributed by atoms with Gasteiger partial charge in [0.05, 0.1) is 17.0 Å². The quantitative estimate of drug-likeness (QED) is 0.663. The molecule has 6 nitrogen and oxygen atoms in total. The predicted molar refractivity (Wildman–Crippen MR) is 92.3 cm³/mol. The van der Waals surface area contributed by atoms with Gasteiger partial charge in [-0.05, 0) is 45.0 Å². The number of esters is 1. The van der Waals surface area contributed by atoms with Crippen molar-refractivity contribution in [2.75, 3.05) is 0 Å². The second kappa shape index (κ2) is 7.53. The fourth-order valence-corrected chi connectivity index (χ4v) is 2.16. The van der Waals surface area contributed by atoms with E-state index in [1.165, 1.54) is 12.1 Å². The van der Waals surface area contributed by atoms with Gasteiger partial charge in [-0.3, -0.25) is 9.78 Å². The molecule has 0 saturated heterocycles. The summed E-state index contributed by atoms with van der Waals surface area (Å²) in [6, 6.07) is 7.94. The zero-order chi connectivity index (χ0) is 18.6. The largest absolute Gasteiger partial charge is 0.456 e. The van der Waals surface area contributed by atoms with Crippen molar-refractivity contribution in [3.8, 4) is 0 Å². The summed E-state index contributed by atoms with van der Waals surface area (Å²) in [5.41, 5.74) is 0.183. The number of aromatic nitrogens is 2. The molecule has 0 aliphatic rings. The molecule has 25 heavy (non-hydrogen) atoms. The van der Waals surface area contributed by atoms with E-state index in [-0.39, 0.29) is 29.2 Å². The highest BCUT2D eigenvalue weighted by molar-refractivity contribution is 5.97. The summed E-state index contributed by atoms with van der Waals surface area (Å²) in [5, 5.41) is 10.5. The van der Waals surface area contributed by atoms with Crippen LogP contribution >= 0.6 is 0 Å². The van der Waals surface area contributed by atoms with Crippen molar-refractivity contribution in [3.63, 3.8) is 0 Å². The first-order chi connectivity index (χ1) is 11.7. The summed E-state index contributed by atoms with van der Waals surface area (Å²) < 4.78 is 5.36. The molecule has 1 atom stereocenters. The van der Waals surface area contributed by atoms with Gasteiger partial charge in [0.1, 0.15) is 17.4 Å². The Morgan fingerprint density at radius 3 is 2.48 bits per heavy atom. The Labute approximate surface area is 146 Å². The molecule has 0 amide bonds. The molecule has 0 saturated carbocycles. The number of ketones is 1. The number of Topliss-reactive ketones (excluding diaryl/α,β-unsaturated/α-hetero) is 1. The van der Waals surface area contributed by atoms with Gasteiger partial charge in [-0.2, -0.15) is 0 Å². The second-order valence-corrected chi connectivity index (χ2v) is 6.60. The SMILES string of the molecule is CCC(=O)c1cc(C(=O)OC(C)(C)C)cc(C(O)c2ccccn2)n1. The normalized spacial score (nSPS) is 12.5. The minimum Gasteiger partial charge on any atom is -0.456 e. The number of carbonyl (C=O) groups excluding carboxylic acids is 2. The van der Waals surface area contributed by atoms with Crippen LogP contribution in [-0.2, 0) is 4.74 Å². The van der Waals surface area contributed by atoms with Gasteiger partial charge in [0.25, 0.3) is 0 Å². The maximum atomic E-state index is 12.4. The Bertz CT molecular complexity index is 767. The molecule has 6 heteroatoms. The fourth-order valence-electron chi connectivity index (χ4n) is 2.16. The van der Waals surface area contributed by atoms with Crippen LogP contribution in [-0.4, -0.2) is 32.4 Å².